The standard InChI is InChI=1S/C14H16N4O2.ClH/c1-10-3-2-6-17(8-10)14-12-7-11(18(19)20)4-5-13(12)15-9-16-14;/h4-5,7,9-10H,2-3,6,8H2,1H3;1H. The molecule has 7 heteroatoms. The molecule has 0 amide bonds. The van der Waals surface area contributed by atoms with Gasteiger partial charge in [-0.3, -0.25) is 10.1 Å². The predicted octanol–water partition coefficient (Wildman–Crippen LogP) is 3.20. The van der Waals surface area contributed by atoms with E-state index in [0.29, 0.717) is 5.92 Å². The molecule has 1 atom stereocenters. The van der Waals surface area contributed by atoms with Crippen molar-refractivity contribution in [2.24, 2.45) is 5.92 Å². The molecule has 21 heavy (non-hydrogen) atoms. The van der Waals surface area contributed by atoms with Crippen LogP contribution in [0.15, 0.2) is 24.5 Å². The van der Waals surface area contributed by atoms with Crippen LogP contribution in [0.5, 0.6) is 0 Å². The first-order valence-electron chi connectivity index (χ1n) is 6.79. The summed E-state index contributed by atoms with van der Waals surface area (Å²) >= 11 is 0. The number of hydrogen-bond donors (Lipinski definition) is 0. The monoisotopic (exact) mass is 308 g/mol. The molecular formula is C14H17ClN4O2. The topological polar surface area (TPSA) is 72.2 Å². The first-order chi connectivity index (χ1) is 9.65. The summed E-state index contributed by atoms with van der Waals surface area (Å²) in [4.78, 5) is 21.3. The minimum atomic E-state index is -0.380. The van der Waals surface area contributed by atoms with Crippen LogP contribution in [0.4, 0.5) is 11.5 Å². The van der Waals surface area contributed by atoms with E-state index in [4.69, 9.17) is 0 Å². The van der Waals surface area contributed by atoms with Gasteiger partial charge < -0.3 is 4.90 Å². The van der Waals surface area contributed by atoms with Crippen molar-refractivity contribution in [3.8, 4) is 0 Å². The lowest BCUT2D eigenvalue weighted by Gasteiger charge is -2.32. The van der Waals surface area contributed by atoms with E-state index in [9.17, 15) is 10.1 Å². The van der Waals surface area contributed by atoms with Gasteiger partial charge in [0, 0.05) is 30.6 Å². The third-order valence-electron chi connectivity index (χ3n) is 3.77. The minimum absolute atomic E-state index is 0. The predicted molar refractivity (Wildman–Crippen MR) is 84.1 cm³/mol. The van der Waals surface area contributed by atoms with E-state index in [-0.39, 0.29) is 23.0 Å². The molecule has 2 heterocycles. The summed E-state index contributed by atoms with van der Waals surface area (Å²) in [6, 6.07) is 4.74. The van der Waals surface area contributed by atoms with Gasteiger partial charge in [0.2, 0.25) is 0 Å². The minimum Gasteiger partial charge on any atom is -0.356 e. The molecule has 0 spiro atoms. The van der Waals surface area contributed by atoms with Gasteiger partial charge in [0.05, 0.1) is 10.4 Å². The molecule has 1 unspecified atom stereocenters. The highest BCUT2D eigenvalue weighted by Crippen LogP contribution is 2.29. The van der Waals surface area contributed by atoms with Gasteiger partial charge in [0.1, 0.15) is 12.1 Å². The number of nitrogens with zero attached hydrogens (tertiary/aromatic N) is 4. The Labute approximate surface area is 128 Å². The van der Waals surface area contributed by atoms with Crippen molar-refractivity contribution < 1.29 is 4.92 Å². The zero-order chi connectivity index (χ0) is 14.1. The Kier molecular flexibility index (Phi) is 4.57. The molecule has 0 N–H and O–H groups in total. The van der Waals surface area contributed by atoms with Crippen molar-refractivity contribution in [3.63, 3.8) is 0 Å². The number of rotatable bonds is 2. The number of non-ortho nitro benzene ring substituents is 1. The summed E-state index contributed by atoms with van der Waals surface area (Å²) in [5, 5.41) is 11.7. The molecule has 1 saturated heterocycles. The second-order valence-electron chi connectivity index (χ2n) is 5.35. The normalized spacial score (nSPS) is 18.3. The van der Waals surface area contributed by atoms with Gasteiger partial charge in [-0.2, -0.15) is 0 Å². The van der Waals surface area contributed by atoms with Crippen molar-refractivity contribution in [2.75, 3.05) is 18.0 Å². The maximum absolute atomic E-state index is 10.9. The molecule has 2 aromatic rings. The first-order valence-corrected chi connectivity index (χ1v) is 6.79. The molecule has 6 nitrogen and oxygen atoms in total. The fourth-order valence-electron chi connectivity index (χ4n) is 2.78. The number of piperidine rings is 1. The average molecular weight is 309 g/mol. The van der Waals surface area contributed by atoms with E-state index < -0.39 is 0 Å². The summed E-state index contributed by atoms with van der Waals surface area (Å²) in [7, 11) is 0. The van der Waals surface area contributed by atoms with Crippen LogP contribution in [0.1, 0.15) is 19.8 Å². The van der Waals surface area contributed by atoms with Crippen LogP contribution in [0.2, 0.25) is 0 Å². The smallest absolute Gasteiger partial charge is 0.270 e. The van der Waals surface area contributed by atoms with Crippen molar-refractivity contribution in [3.05, 3.63) is 34.6 Å². The van der Waals surface area contributed by atoms with Gasteiger partial charge in [-0.1, -0.05) is 6.92 Å². The Bertz CT molecular complexity index is 664. The third kappa shape index (κ3) is 3.05. The number of fused-ring (bicyclic) bond motifs is 1. The maximum atomic E-state index is 10.9. The summed E-state index contributed by atoms with van der Waals surface area (Å²) in [5.41, 5.74) is 0.831. The van der Waals surface area contributed by atoms with Gasteiger partial charge in [-0.15, -0.1) is 12.4 Å². The molecule has 0 aliphatic carbocycles. The Hall–Kier alpha value is -1.95. The van der Waals surface area contributed by atoms with Gasteiger partial charge in [0.25, 0.3) is 5.69 Å². The van der Waals surface area contributed by atoms with Crippen molar-refractivity contribution >= 4 is 34.8 Å². The Morgan fingerprint density at radius 3 is 2.90 bits per heavy atom. The lowest BCUT2D eigenvalue weighted by atomic mass is 10.00. The average Bonchev–Trinajstić information content (AvgIpc) is 2.46. The highest BCUT2D eigenvalue weighted by molar-refractivity contribution is 5.91. The van der Waals surface area contributed by atoms with Crippen LogP contribution in [-0.2, 0) is 0 Å². The van der Waals surface area contributed by atoms with Crippen LogP contribution < -0.4 is 4.90 Å². The molecule has 112 valence electrons. The van der Waals surface area contributed by atoms with E-state index >= 15 is 0 Å². The summed E-state index contributed by atoms with van der Waals surface area (Å²) in [6.45, 7) is 4.10. The van der Waals surface area contributed by atoms with Gasteiger partial charge in [-0.05, 0) is 24.8 Å². The van der Waals surface area contributed by atoms with Crippen LogP contribution >= 0.6 is 12.4 Å². The number of nitro benzene ring substituents is 1. The van der Waals surface area contributed by atoms with E-state index in [1.165, 1.54) is 18.8 Å². The molecule has 1 aliphatic rings. The second-order valence-corrected chi connectivity index (χ2v) is 5.35. The van der Waals surface area contributed by atoms with E-state index in [1.54, 1.807) is 12.1 Å². The zero-order valence-corrected chi connectivity index (χ0v) is 12.5. The van der Waals surface area contributed by atoms with Crippen LogP contribution in [0.25, 0.3) is 10.9 Å². The molecule has 1 aromatic heterocycles. The molecule has 1 aliphatic heterocycles. The van der Waals surface area contributed by atoms with Gasteiger partial charge in [0.15, 0.2) is 0 Å². The summed E-state index contributed by atoms with van der Waals surface area (Å²) in [5.74, 6) is 1.43. The molecule has 0 radical (unpaired) electrons. The molecule has 0 saturated carbocycles. The number of halogens is 1. The number of nitro groups is 1. The van der Waals surface area contributed by atoms with E-state index in [1.807, 2.05) is 0 Å². The Balaban J connectivity index is 0.00000161. The zero-order valence-electron chi connectivity index (χ0n) is 11.7. The highest BCUT2D eigenvalue weighted by Gasteiger charge is 2.20. The molecule has 1 fully saturated rings. The Morgan fingerprint density at radius 1 is 1.38 bits per heavy atom. The largest absolute Gasteiger partial charge is 0.356 e. The number of aromatic nitrogens is 2. The van der Waals surface area contributed by atoms with Gasteiger partial charge in [-0.25, -0.2) is 9.97 Å². The number of hydrogen-bond acceptors (Lipinski definition) is 5. The fraction of sp³-hybridized carbons (Fsp3) is 0.429. The number of anilines is 1. The second kappa shape index (κ2) is 6.22. The van der Waals surface area contributed by atoms with E-state index in [2.05, 4.69) is 21.8 Å². The SMILES string of the molecule is CC1CCCN(c2ncnc3ccc([N+](=O)[O-])cc23)C1.Cl. The van der Waals surface area contributed by atoms with Crippen molar-refractivity contribution in [1.82, 2.24) is 9.97 Å². The van der Waals surface area contributed by atoms with Crippen molar-refractivity contribution in [2.45, 2.75) is 19.8 Å². The first kappa shape index (κ1) is 15.4. The summed E-state index contributed by atoms with van der Waals surface area (Å²) < 4.78 is 0. The third-order valence-corrected chi connectivity index (χ3v) is 3.77. The quantitative estimate of drug-likeness (QED) is 0.629. The molecule has 0 bridgehead atoms. The van der Waals surface area contributed by atoms with Crippen LogP contribution in [0, 0.1) is 16.0 Å². The highest BCUT2D eigenvalue weighted by atomic mass is 35.5. The lowest BCUT2D eigenvalue weighted by Crippen LogP contribution is -2.34. The lowest BCUT2D eigenvalue weighted by molar-refractivity contribution is -0.384. The molecule has 3 rings (SSSR count). The Morgan fingerprint density at radius 2 is 2.19 bits per heavy atom. The maximum Gasteiger partial charge on any atom is 0.270 e. The van der Waals surface area contributed by atoms with Crippen molar-refractivity contribution in [1.29, 1.82) is 0 Å². The molecular weight excluding hydrogens is 292 g/mol. The fourth-order valence-corrected chi connectivity index (χ4v) is 2.78. The van der Waals surface area contributed by atoms with Crippen LogP contribution in [-0.4, -0.2) is 28.0 Å². The van der Waals surface area contributed by atoms with Gasteiger partial charge >= 0.3 is 0 Å². The molecule has 1 aromatic carbocycles. The van der Waals surface area contributed by atoms with Crippen LogP contribution in [0.3, 0.4) is 0 Å². The summed E-state index contributed by atoms with van der Waals surface area (Å²) in [6.07, 6.45) is 3.88. The van der Waals surface area contributed by atoms with E-state index in [0.717, 1.165) is 36.2 Å². The number of benzene rings is 1.